The molecule has 4 unspecified atom stereocenters. The molecule has 4 rings (SSSR count). The number of ketones is 1. The molecule has 5 heteroatoms. The van der Waals surface area contributed by atoms with Crippen molar-refractivity contribution >= 4 is 29.4 Å². The van der Waals surface area contributed by atoms with Gasteiger partial charge < -0.3 is 4.90 Å². The van der Waals surface area contributed by atoms with Gasteiger partial charge in [-0.1, -0.05) is 44.6 Å². The SMILES string of the molecule is Cc1ccc2c(c1)C=CC1C3C(=O)N(C(C)(C)C)C(=O)C3C(C(=O)C(C)(C)C)N21. The monoisotopic (exact) mass is 394 g/mol. The lowest BCUT2D eigenvalue weighted by Crippen LogP contribution is -2.54. The van der Waals surface area contributed by atoms with E-state index >= 15 is 0 Å². The number of aryl methyl sites for hydroxylation is 1. The average Bonchev–Trinajstić information content (AvgIpc) is 3.06. The normalized spacial score (nSPS) is 28.5. The molecular formula is C24H30N2O3. The van der Waals surface area contributed by atoms with Gasteiger partial charge in [0.05, 0.1) is 17.9 Å². The van der Waals surface area contributed by atoms with E-state index in [1.165, 1.54) is 4.90 Å². The molecule has 3 heterocycles. The molecule has 0 spiro atoms. The first kappa shape index (κ1) is 19.9. The second-order valence-electron chi connectivity index (χ2n) is 10.6. The summed E-state index contributed by atoms with van der Waals surface area (Å²) in [7, 11) is 0. The molecule has 154 valence electrons. The van der Waals surface area contributed by atoms with Crippen LogP contribution in [0.3, 0.4) is 0 Å². The molecule has 0 N–H and O–H groups in total. The highest BCUT2D eigenvalue weighted by Crippen LogP contribution is 2.50. The van der Waals surface area contributed by atoms with Crippen molar-refractivity contribution < 1.29 is 14.4 Å². The van der Waals surface area contributed by atoms with Gasteiger partial charge >= 0.3 is 0 Å². The van der Waals surface area contributed by atoms with Crippen molar-refractivity contribution in [3.8, 4) is 0 Å². The zero-order valence-corrected chi connectivity index (χ0v) is 18.3. The van der Waals surface area contributed by atoms with Crippen LogP contribution in [0.2, 0.25) is 0 Å². The third kappa shape index (κ3) is 2.77. The molecule has 2 saturated heterocycles. The minimum Gasteiger partial charge on any atom is -0.353 e. The number of carbonyl (C=O) groups is 3. The summed E-state index contributed by atoms with van der Waals surface area (Å²) in [4.78, 5) is 44.0. The van der Waals surface area contributed by atoms with Gasteiger partial charge in [0, 0.05) is 16.6 Å². The van der Waals surface area contributed by atoms with Crippen molar-refractivity contribution in [2.45, 2.75) is 66.1 Å². The van der Waals surface area contributed by atoms with Gasteiger partial charge in [-0.3, -0.25) is 19.3 Å². The van der Waals surface area contributed by atoms with Crippen molar-refractivity contribution in [3.05, 3.63) is 35.4 Å². The number of fused-ring (bicyclic) bond motifs is 5. The van der Waals surface area contributed by atoms with Crippen molar-refractivity contribution in [2.75, 3.05) is 4.90 Å². The van der Waals surface area contributed by atoms with Gasteiger partial charge in [0.2, 0.25) is 11.8 Å². The zero-order valence-electron chi connectivity index (χ0n) is 18.3. The summed E-state index contributed by atoms with van der Waals surface area (Å²) >= 11 is 0. The van der Waals surface area contributed by atoms with Gasteiger partial charge in [-0.15, -0.1) is 0 Å². The van der Waals surface area contributed by atoms with Gasteiger partial charge in [-0.25, -0.2) is 0 Å². The van der Waals surface area contributed by atoms with Crippen LogP contribution < -0.4 is 4.90 Å². The maximum absolute atomic E-state index is 13.6. The maximum atomic E-state index is 13.6. The fraction of sp³-hybridized carbons (Fsp3) is 0.542. The molecule has 0 bridgehead atoms. The smallest absolute Gasteiger partial charge is 0.236 e. The number of Topliss-reactive ketones (excluding diaryl/α,β-unsaturated/α-hetero) is 1. The van der Waals surface area contributed by atoms with Gasteiger partial charge in [-0.05, 0) is 45.4 Å². The van der Waals surface area contributed by atoms with Gasteiger partial charge in [0.15, 0.2) is 5.78 Å². The zero-order chi connectivity index (χ0) is 21.5. The van der Waals surface area contributed by atoms with Crippen LogP contribution in [-0.4, -0.2) is 40.1 Å². The number of carbonyl (C=O) groups excluding carboxylic acids is 3. The quantitative estimate of drug-likeness (QED) is 0.683. The van der Waals surface area contributed by atoms with E-state index < -0.39 is 28.8 Å². The van der Waals surface area contributed by atoms with Crippen LogP contribution in [0.5, 0.6) is 0 Å². The molecule has 0 radical (unpaired) electrons. The number of benzene rings is 1. The maximum Gasteiger partial charge on any atom is 0.236 e. The van der Waals surface area contributed by atoms with Gasteiger partial charge in [0.25, 0.3) is 0 Å². The summed E-state index contributed by atoms with van der Waals surface area (Å²) in [6, 6.07) is 5.20. The Bertz CT molecular complexity index is 948. The van der Waals surface area contributed by atoms with E-state index in [0.717, 1.165) is 16.8 Å². The van der Waals surface area contributed by atoms with E-state index in [2.05, 4.69) is 6.07 Å². The van der Waals surface area contributed by atoms with Crippen molar-refractivity contribution in [1.29, 1.82) is 0 Å². The van der Waals surface area contributed by atoms with E-state index in [1.807, 2.05) is 77.7 Å². The van der Waals surface area contributed by atoms with Crippen LogP contribution in [0.25, 0.3) is 6.08 Å². The molecule has 5 nitrogen and oxygen atoms in total. The molecule has 1 aromatic rings. The van der Waals surface area contributed by atoms with E-state index in [-0.39, 0.29) is 23.6 Å². The topological polar surface area (TPSA) is 57.7 Å². The van der Waals surface area contributed by atoms with Crippen LogP contribution in [0.4, 0.5) is 5.69 Å². The Hall–Kier alpha value is -2.43. The van der Waals surface area contributed by atoms with Gasteiger partial charge in [0.1, 0.15) is 6.04 Å². The van der Waals surface area contributed by atoms with Crippen molar-refractivity contribution in [3.63, 3.8) is 0 Å². The minimum absolute atomic E-state index is 0.00809. The molecule has 3 aliphatic heterocycles. The Labute approximate surface area is 172 Å². The lowest BCUT2D eigenvalue weighted by atomic mass is 9.79. The third-order valence-electron chi connectivity index (χ3n) is 6.34. The number of amides is 2. The summed E-state index contributed by atoms with van der Waals surface area (Å²) < 4.78 is 0. The Morgan fingerprint density at radius 1 is 0.966 bits per heavy atom. The van der Waals surface area contributed by atoms with Gasteiger partial charge in [-0.2, -0.15) is 0 Å². The molecule has 2 amide bonds. The van der Waals surface area contributed by atoms with Crippen molar-refractivity contribution in [2.24, 2.45) is 17.3 Å². The lowest BCUT2D eigenvalue weighted by Gasteiger charge is -2.40. The molecule has 3 aliphatic rings. The predicted octanol–water partition coefficient (Wildman–Crippen LogP) is 3.59. The number of imide groups is 1. The summed E-state index contributed by atoms with van der Waals surface area (Å²) in [5.41, 5.74) is 1.88. The molecule has 29 heavy (non-hydrogen) atoms. The van der Waals surface area contributed by atoms with E-state index in [1.54, 1.807) is 0 Å². The highest BCUT2D eigenvalue weighted by Gasteiger charge is 2.65. The summed E-state index contributed by atoms with van der Waals surface area (Å²) in [5, 5.41) is 0. The Morgan fingerprint density at radius 2 is 1.59 bits per heavy atom. The molecule has 0 saturated carbocycles. The number of hydrogen-bond donors (Lipinski definition) is 0. The number of anilines is 1. The first-order valence-electron chi connectivity index (χ1n) is 10.3. The fourth-order valence-corrected chi connectivity index (χ4v) is 5.10. The Balaban J connectivity index is 1.90. The second-order valence-corrected chi connectivity index (χ2v) is 10.6. The Morgan fingerprint density at radius 3 is 2.17 bits per heavy atom. The summed E-state index contributed by atoms with van der Waals surface area (Å²) in [6.45, 7) is 13.3. The molecule has 2 fully saturated rings. The van der Waals surface area contributed by atoms with Crippen molar-refractivity contribution in [1.82, 2.24) is 4.90 Å². The fourth-order valence-electron chi connectivity index (χ4n) is 5.10. The average molecular weight is 395 g/mol. The lowest BCUT2D eigenvalue weighted by molar-refractivity contribution is -0.146. The molecule has 0 aliphatic carbocycles. The molecule has 0 aromatic heterocycles. The third-order valence-corrected chi connectivity index (χ3v) is 6.34. The highest BCUT2D eigenvalue weighted by atomic mass is 16.2. The van der Waals surface area contributed by atoms with Crippen LogP contribution in [0.15, 0.2) is 24.3 Å². The largest absolute Gasteiger partial charge is 0.353 e. The minimum atomic E-state index is -0.643. The summed E-state index contributed by atoms with van der Waals surface area (Å²) in [5.74, 6) is -1.54. The molecular weight excluding hydrogens is 364 g/mol. The predicted molar refractivity (Wildman–Crippen MR) is 113 cm³/mol. The van der Waals surface area contributed by atoms with Crippen LogP contribution in [-0.2, 0) is 14.4 Å². The molecule has 4 atom stereocenters. The van der Waals surface area contributed by atoms with E-state index in [4.69, 9.17) is 0 Å². The summed E-state index contributed by atoms with van der Waals surface area (Å²) in [6.07, 6.45) is 4.04. The number of hydrogen-bond acceptors (Lipinski definition) is 4. The first-order chi connectivity index (χ1) is 13.3. The number of rotatable bonds is 1. The highest BCUT2D eigenvalue weighted by molar-refractivity contribution is 6.12. The van der Waals surface area contributed by atoms with E-state index in [0.29, 0.717) is 0 Å². The van der Waals surface area contributed by atoms with E-state index in [9.17, 15) is 14.4 Å². The first-order valence-corrected chi connectivity index (χ1v) is 10.3. The molecule has 1 aromatic carbocycles. The Kier molecular flexibility index (Phi) is 4.14. The van der Waals surface area contributed by atoms with Crippen LogP contribution in [0.1, 0.15) is 52.7 Å². The standard InChI is InChI=1S/C24H30N2O3/c1-13-8-10-15-14(12-13)9-11-16-17-18(19(25(15)16)20(27)23(2,3)4)22(29)26(21(17)28)24(5,6)7/h8-12,16-19H,1-7H3. The number of likely N-dealkylation sites (tertiary alicyclic amines) is 1. The number of nitrogens with zero attached hydrogens (tertiary/aromatic N) is 2. The van der Waals surface area contributed by atoms with Crippen LogP contribution in [0, 0.1) is 24.2 Å². The van der Waals surface area contributed by atoms with Crippen LogP contribution >= 0.6 is 0 Å². The second kappa shape index (κ2) is 6.04.